The molecule has 0 spiro atoms. The average molecular weight is 237 g/mol. The maximum Gasteiger partial charge on any atom is 0.342 e. The van der Waals surface area contributed by atoms with Crippen molar-refractivity contribution < 1.29 is 14.3 Å². The molecule has 1 aromatic heterocycles. The number of ketones is 1. The third-order valence-electron chi connectivity index (χ3n) is 1.98. The predicted molar refractivity (Wildman–Crippen MR) is 62.6 cm³/mol. The first-order valence-electron chi connectivity index (χ1n) is 4.49. The van der Waals surface area contributed by atoms with Gasteiger partial charge in [0.15, 0.2) is 12.4 Å². The van der Waals surface area contributed by atoms with Crippen molar-refractivity contribution in [2.45, 2.75) is 13.8 Å². The lowest BCUT2D eigenvalue weighted by atomic mass is 10.1. The Morgan fingerprint density at radius 3 is 2.62 bits per heavy atom. The fourth-order valence-electron chi connectivity index (χ4n) is 1.30. The summed E-state index contributed by atoms with van der Waals surface area (Å²) in [6, 6.07) is 0. The van der Waals surface area contributed by atoms with Crippen molar-refractivity contribution in [2.24, 2.45) is 0 Å². The lowest BCUT2D eigenvalue weighted by Crippen LogP contribution is -2.08. The summed E-state index contributed by atoms with van der Waals surface area (Å²) in [6.45, 7) is 2.98. The molecule has 0 aliphatic rings. The van der Waals surface area contributed by atoms with Crippen LogP contribution in [-0.2, 0) is 4.74 Å². The highest BCUT2D eigenvalue weighted by atomic mass is 32.1. The van der Waals surface area contributed by atoms with Gasteiger partial charge in [-0.25, -0.2) is 4.79 Å². The Kier molecular flexibility index (Phi) is 3.69. The lowest BCUT2D eigenvalue weighted by molar-refractivity contribution is 0.0557. The number of Topliss-reactive ketones (excluding diaryl/α,β-unsaturated/α-hetero) is 1. The number of carbonyl (C=O) groups excluding carboxylic acids is 2. The molecule has 84 valence electrons. The molecular weight excluding hydrogens is 226 g/mol. The van der Waals surface area contributed by atoms with Gasteiger partial charge in [-0.05, 0) is 19.4 Å². The molecule has 0 saturated carbocycles. The van der Waals surface area contributed by atoms with E-state index in [1.807, 2.05) is 0 Å². The van der Waals surface area contributed by atoms with Gasteiger partial charge in [0.05, 0.1) is 10.4 Å². The van der Waals surface area contributed by atoms with Gasteiger partial charge in [-0.3, -0.25) is 4.79 Å². The summed E-state index contributed by atoms with van der Waals surface area (Å²) in [7, 11) is 0. The fourth-order valence-corrected chi connectivity index (χ4v) is 2.26. The number of carbonyl (C=O) groups is 2. The van der Waals surface area contributed by atoms with E-state index < -0.39 is 5.97 Å². The molecule has 4 nitrogen and oxygen atoms in total. The van der Waals surface area contributed by atoms with Crippen LogP contribution in [0.2, 0.25) is 0 Å². The van der Waals surface area contributed by atoms with Gasteiger partial charge >= 0.3 is 5.97 Å². The summed E-state index contributed by atoms with van der Waals surface area (Å²) in [5.41, 5.74) is 6.46. The van der Waals surface area contributed by atoms with Crippen LogP contribution in [0.5, 0.6) is 0 Å². The average Bonchev–Trinajstić information content (AvgIpc) is 2.51. The van der Waals surface area contributed by atoms with Crippen molar-refractivity contribution in [3.63, 3.8) is 0 Å². The number of nitrogen functional groups attached to an aromatic ring is 1. The number of hydrogen-bond donors (Lipinski definition) is 1. The minimum absolute atomic E-state index is 0.108. The van der Waals surface area contributed by atoms with E-state index in [2.05, 4.69) is 5.92 Å². The summed E-state index contributed by atoms with van der Waals surface area (Å²) in [5.74, 6) is 1.48. The standard InChI is InChI=1S/C11H11NO3S/c1-4-5-15-11(14)8-6(2)9(7(3)13)16-10(8)12/h1H,5,12H2,2-3H3. The highest BCUT2D eigenvalue weighted by molar-refractivity contribution is 7.18. The zero-order chi connectivity index (χ0) is 12.3. The second-order valence-electron chi connectivity index (χ2n) is 3.13. The minimum atomic E-state index is -0.586. The maximum absolute atomic E-state index is 11.6. The van der Waals surface area contributed by atoms with Gasteiger partial charge in [0.25, 0.3) is 0 Å². The van der Waals surface area contributed by atoms with Crippen molar-refractivity contribution in [1.29, 1.82) is 0 Å². The predicted octanol–water partition coefficient (Wildman–Crippen LogP) is 1.63. The third-order valence-corrected chi connectivity index (χ3v) is 3.21. The van der Waals surface area contributed by atoms with Gasteiger partial charge < -0.3 is 10.5 Å². The summed E-state index contributed by atoms with van der Waals surface area (Å²) < 4.78 is 4.77. The molecule has 1 heterocycles. The molecular formula is C11H11NO3S. The Morgan fingerprint density at radius 1 is 1.56 bits per heavy atom. The van der Waals surface area contributed by atoms with Crippen LogP contribution >= 0.6 is 11.3 Å². The van der Waals surface area contributed by atoms with Gasteiger partial charge in [0, 0.05) is 0 Å². The van der Waals surface area contributed by atoms with Gasteiger partial charge in [-0.1, -0.05) is 5.92 Å². The molecule has 0 atom stereocenters. The minimum Gasteiger partial charge on any atom is -0.449 e. The largest absolute Gasteiger partial charge is 0.449 e. The number of terminal acetylenes is 1. The van der Waals surface area contributed by atoms with E-state index >= 15 is 0 Å². The SMILES string of the molecule is C#CCOC(=O)c1c(N)sc(C(C)=O)c1C. The lowest BCUT2D eigenvalue weighted by Gasteiger charge is -2.01. The van der Waals surface area contributed by atoms with Crippen LogP contribution in [0.15, 0.2) is 0 Å². The molecule has 0 saturated heterocycles. The quantitative estimate of drug-likeness (QED) is 0.493. The molecule has 0 bridgehead atoms. The van der Waals surface area contributed by atoms with Gasteiger partial charge in [-0.2, -0.15) is 0 Å². The maximum atomic E-state index is 11.6. The first kappa shape index (κ1) is 12.3. The van der Waals surface area contributed by atoms with Crippen molar-refractivity contribution >= 4 is 28.1 Å². The van der Waals surface area contributed by atoms with Crippen LogP contribution in [-0.4, -0.2) is 18.4 Å². The first-order chi connectivity index (χ1) is 7.49. The highest BCUT2D eigenvalue weighted by Crippen LogP contribution is 2.31. The molecule has 0 unspecified atom stereocenters. The Bertz CT molecular complexity index is 482. The molecule has 2 N–H and O–H groups in total. The number of esters is 1. The topological polar surface area (TPSA) is 69.4 Å². The molecule has 0 aromatic carbocycles. The normalized spacial score (nSPS) is 9.56. The zero-order valence-corrected chi connectivity index (χ0v) is 9.81. The van der Waals surface area contributed by atoms with Crippen molar-refractivity contribution in [3.05, 3.63) is 16.0 Å². The van der Waals surface area contributed by atoms with Gasteiger partial charge in [0.1, 0.15) is 5.00 Å². The number of anilines is 1. The molecule has 16 heavy (non-hydrogen) atoms. The fraction of sp³-hybridized carbons (Fsp3) is 0.273. The van der Waals surface area contributed by atoms with E-state index in [9.17, 15) is 9.59 Å². The first-order valence-corrected chi connectivity index (χ1v) is 5.31. The van der Waals surface area contributed by atoms with Crippen LogP contribution in [0.4, 0.5) is 5.00 Å². The molecule has 0 aliphatic carbocycles. The smallest absolute Gasteiger partial charge is 0.342 e. The summed E-state index contributed by atoms with van der Waals surface area (Å²) in [5, 5.41) is 0.282. The van der Waals surface area contributed by atoms with Crippen molar-refractivity contribution in [2.75, 3.05) is 12.3 Å². The monoisotopic (exact) mass is 237 g/mol. The molecule has 0 radical (unpaired) electrons. The number of thiophene rings is 1. The van der Waals surface area contributed by atoms with Crippen LogP contribution in [0, 0.1) is 19.3 Å². The van der Waals surface area contributed by atoms with Crippen molar-refractivity contribution in [1.82, 2.24) is 0 Å². The van der Waals surface area contributed by atoms with E-state index in [1.54, 1.807) is 6.92 Å². The number of rotatable bonds is 3. The molecule has 0 amide bonds. The summed E-state index contributed by atoms with van der Waals surface area (Å²) in [6.07, 6.45) is 4.97. The van der Waals surface area contributed by atoms with Crippen molar-refractivity contribution in [3.8, 4) is 12.3 Å². The number of hydrogen-bond acceptors (Lipinski definition) is 5. The molecule has 5 heteroatoms. The second kappa shape index (κ2) is 4.81. The number of ether oxygens (including phenoxy) is 1. The van der Waals surface area contributed by atoms with E-state index in [0.717, 1.165) is 11.3 Å². The van der Waals surface area contributed by atoms with E-state index in [1.165, 1.54) is 6.92 Å². The highest BCUT2D eigenvalue weighted by Gasteiger charge is 2.22. The van der Waals surface area contributed by atoms with E-state index in [0.29, 0.717) is 10.4 Å². The van der Waals surface area contributed by atoms with Crippen LogP contribution in [0.1, 0.15) is 32.5 Å². The van der Waals surface area contributed by atoms with E-state index in [-0.39, 0.29) is 23.0 Å². The molecule has 1 aromatic rings. The van der Waals surface area contributed by atoms with Gasteiger partial charge in [-0.15, -0.1) is 17.8 Å². The summed E-state index contributed by atoms with van der Waals surface area (Å²) >= 11 is 1.09. The van der Waals surface area contributed by atoms with Crippen LogP contribution in [0.25, 0.3) is 0 Å². The van der Waals surface area contributed by atoms with Crippen LogP contribution < -0.4 is 5.73 Å². The molecule has 0 fully saturated rings. The second-order valence-corrected chi connectivity index (χ2v) is 4.18. The van der Waals surface area contributed by atoms with E-state index in [4.69, 9.17) is 16.9 Å². The molecule has 1 rings (SSSR count). The Morgan fingerprint density at radius 2 is 2.19 bits per heavy atom. The Labute approximate surface area is 97.4 Å². The zero-order valence-electron chi connectivity index (χ0n) is 8.99. The third kappa shape index (κ3) is 2.23. The molecule has 0 aliphatic heterocycles. The Hall–Kier alpha value is -1.80. The van der Waals surface area contributed by atoms with Gasteiger partial charge in [0.2, 0.25) is 0 Å². The van der Waals surface area contributed by atoms with Crippen LogP contribution in [0.3, 0.4) is 0 Å². The number of nitrogens with two attached hydrogens (primary N) is 1. The summed E-state index contributed by atoms with van der Waals surface area (Å²) in [4.78, 5) is 23.3. The Balaban J connectivity index is 3.10.